The van der Waals surface area contributed by atoms with Crippen LogP contribution in [0.2, 0.25) is 0 Å². The molecule has 1 heterocycles. The molecule has 120 valence electrons. The van der Waals surface area contributed by atoms with Crippen LogP contribution in [0.4, 0.5) is 4.39 Å². The van der Waals surface area contributed by atoms with Crippen LogP contribution in [0.5, 0.6) is 0 Å². The minimum absolute atomic E-state index is 0.180. The van der Waals surface area contributed by atoms with Gasteiger partial charge in [-0.15, -0.1) is 11.3 Å². The van der Waals surface area contributed by atoms with Crippen molar-refractivity contribution in [1.82, 2.24) is 5.43 Å². The highest BCUT2D eigenvalue weighted by molar-refractivity contribution is 7.17. The molecule has 0 unspecified atom stereocenters. The first kappa shape index (κ1) is 15.9. The second-order valence-electron chi connectivity index (χ2n) is 5.70. The molecular formula is C18H19FN2OS. The van der Waals surface area contributed by atoms with Gasteiger partial charge in [-0.05, 0) is 55.5 Å². The lowest BCUT2D eigenvalue weighted by Crippen LogP contribution is -2.18. The van der Waals surface area contributed by atoms with Crippen LogP contribution < -0.4 is 5.43 Å². The summed E-state index contributed by atoms with van der Waals surface area (Å²) in [6.07, 6.45) is 6.76. The van der Waals surface area contributed by atoms with Crippen LogP contribution in [0.1, 0.15) is 48.2 Å². The Morgan fingerprint density at radius 2 is 1.70 bits per heavy atom. The predicted octanol–water partition coefficient (Wildman–Crippen LogP) is 4.99. The van der Waals surface area contributed by atoms with Crippen LogP contribution in [0.15, 0.2) is 41.5 Å². The minimum Gasteiger partial charge on any atom is -0.266 e. The van der Waals surface area contributed by atoms with Crippen molar-refractivity contribution in [2.24, 2.45) is 5.10 Å². The average Bonchev–Trinajstić information content (AvgIpc) is 2.91. The molecular weight excluding hydrogens is 311 g/mol. The molecule has 1 N–H and O–H groups in total. The number of hydrogen-bond acceptors (Lipinski definition) is 3. The standard InChI is InChI=1S/C18H19FN2OS/c19-14-9-7-13(8-10-14)16-11-12-17(23-16)18(22)21-20-15-5-3-1-2-4-6-15/h7-12H,1-6H2,(H,21,22). The molecule has 5 heteroatoms. The van der Waals surface area contributed by atoms with Crippen molar-refractivity contribution in [3.05, 3.63) is 47.1 Å². The van der Waals surface area contributed by atoms with Gasteiger partial charge >= 0.3 is 0 Å². The zero-order chi connectivity index (χ0) is 16.1. The van der Waals surface area contributed by atoms with Crippen molar-refractivity contribution >= 4 is 23.0 Å². The molecule has 3 nitrogen and oxygen atoms in total. The van der Waals surface area contributed by atoms with Gasteiger partial charge in [0.05, 0.1) is 4.88 Å². The van der Waals surface area contributed by atoms with Gasteiger partial charge < -0.3 is 0 Å². The molecule has 0 radical (unpaired) electrons. The highest BCUT2D eigenvalue weighted by atomic mass is 32.1. The second kappa shape index (κ2) is 7.51. The smallest absolute Gasteiger partial charge is 0.266 e. The van der Waals surface area contributed by atoms with Crippen molar-refractivity contribution in [3.8, 4) is 10.4 Å². The Bertz CT molecular complexity index is 696. The quantitative estimate of drug-likeness (QED) is 0.625. The summed E-state index contributed by atoms with van der Waals surface area (Å²) in [7, 11) is 0. The van der Waals surface area contributed by atoms with Crippen molar-refractivity contribution in [2.45, 2.75) is 38.5 Å². The fraction of sp³-hybridized carbons (Fsp3) is 0.333. The van der Waals surface area contributed by atoms with Crippen molar-refractivity contribution < 1.29 is 9.18 Å². The monoisotopic (exact) mass is 330 g/mol. The molecule has 0 saturated heterocycles. The molecule has 1 amide bonds. The Morgan fingerprint density at radius 3 is 2.39 bits per heavy atom. The van der Waals surface area contributed by atoms with E-state index in [2.05, 4.69) is 10.5 Å². The lowest BCUT2D eigenvalue weighted by Gasteiger charge is -2.02. The van der Waals surface area contributed by atoms with Gasteiger partial charge in [0.2, 0.25) is 0 Å². The van der Waals surface area contributed by atoms with E-state index in [0.29, 0.717) is 4.88 Å². The van der Waals surface area contributed by atoms with Crippen molar-refractivity contribution in [3.63, 3.8) is 0 Å². The lowest BCUT2D eigenvalue weighted by atomic mass is 10.2. The van der Waals surface area contributed by atoms with Gasteiger partial charge in [-0.1, -0.05) is 25.0 Å². The average molecular weight is 330 g/mol. The Morgan fingerprint density at radius 1 is 1.00 bits per heavy atom. The largest absolute Gasteiger partial charge is 0.281 e. The summed E-state index contributed by atoms with van der Waals surface area (Å²) in [5.41, 5.74) is 4.67. The SMILES string of the molecule is O=C(NN=C1CCCCCC1)c1ccc(-c2ccc(F)cc2)s1. The molecule has 1 fully saturated rings. The molecule has 1 aromatic carbocycles. The van der Waals surface area contributed by atoms with Gasteiger partial charge in [0.1, 0.15) is 5.82 Å². The summed E-state index contributed by atoms with van der Waals surface area (Å²) in [5, 5.41) is 4.29. The van der Waals surface area contributed by atoms with Gasteiger partial charge in [0.25, 0.3) is 5.91 Å². The van der Waals surface area contributed by atoms with Crippen LogP contribution in [-0.4, -0.2) is 11.6 Å². The van der Waals surface area contributed by atoms with Gasteiger partial charge in [-0.3, -0.25) is 4.79 Å². The van der Waals surface area contributed by atoms with Crippen LogP contribution in [0, 0.1) is 5.82 Å². The third-order valence-electron chi connectivity index (χ3n) is 3.95. The summed E-state index contributed by atoms with van der Waals surface area (Å²) in [6, 6.07) is 9.94. The van der Waals surface area contributed by atoms with E-state index in [1.807, 2.05) is 6.07 Å². The summed E-state index contributed by atoms with van der Waals surface area (Å²) in [4.78, 5) is 13.8. The highest BCUT2D eigenvalue weighted by Crippen LogP contribution is 2.28. The zero-order valence-electron chi connectivity index (χ0n) is 12.8. The maximum absolute atomic E-state index is 13.0. The van der Waals surface area contributed by atoms with E-state index >= 15 is 0 Å². The minimum atomic E-state index is -0.262. The van der Waals surface area contributed by atoms with E-state index < -0.39 is 0 Å². The molecule has 23 heavy (non-hydrogen) atoms. The molecule has 2 aromatic rings. The number of thiophene rings is 1. The number of amides is 1. The van der Waals surface area contributed by atoms with Gasteiger partial charge in [-0.2, -0.15) is 5.10 Å². The van der Waals surface area contributed by atoms with E-state index in [9.17, 15) is 9.18 Å². The van der Waals surface area contributed by atoms with E-state index in [1.165, 1.54) is 36.3 Å². The van der Waals surface area contributed by atoms with E-state index in [1.54, 1.807) is 18.2 Å². The molecule has 1 saturated carbocycles. The van der Waals surface area contributed by atoms with Crippen LogP contribution in [-0.2, 0) is 0 Å². The first-order valence-corrected chi connectivity index (χ1v) is 8.75. The second-order valence-corrected chi connectivity index (χ2v) is 6.79. The number of benzene rings is 1. The fourth-order valence-electron chi connectivity index (χ4n) is 2.66. The molecule has 1 aromatic heterocycles. The number of nitrogens with zero attached hydrogens (tertiary/aromatic N) is 1. The number of hydrogen-bond donors (Lipinski definition) is 1. The zero-order valence-corrected chi connectivity index (χ0v) is 13.7. The molecule has 0 bridgehead atoms. The molecule has 3 rings (SSSR count). The van der Waals surface area contributed by atoms with Crippen molar-refractivity contribution in [1.29, 1.82) is 0 Å². The normalized spacial score (nSPS) is 15.1. The van der Waals surface area contributed by atoms with Crippen LogP contribution in [0.3, 0.4) is 0 Å². The number of carbonyl (C=O) groups excluding carboxylic acids is 1. The summed E-state index contributed by atoms with van der Waals surface area (Å²) in [6.45, 7) is 0. The molecule has 0 aliphatic heterocycles. The number of nitrogens with one attached hydrogen (secondary N) is 1. The number of halogens is 1. The highest BCUT2D eigenvalue weighted by Gasteiger charge is 2.11. The lowest BCUT2D eigenvalue weighted by molar-refractivity contribution is 0.0958. The van der Waals surface area contributed by atoms with Crippen LogP contribution >= 0.6 is 11.3 Å². The summed E-state index contributed by atoms with van der Waals surface area (Å²) in [5.74, 6) is -0.442. The predicted molar refractivity (Wildman–Crippen MR) is 92.3 cm³/mol. The first-order chi connectivity index (χ1) is 11.2. The van der Waals surface area contributed by atoms with Crippen LogP contribution in [0.25, 0.3) is 10.4 Å². The third kappa shape index (κ3) is 4.26. The van der Waals surface area contributed by atoms with Gasteiger partial charge in [0.15, 0.2) is 0 Å². The summed E-state index contributed by atoms with van der Waals surface area (Å²) >= 11 is 1.39. The van der Waals surface area contributed by atoms with E-state index in [-0.39, 0.29) is 11.7 Å². The number of rotatable bonds is 3. The topological polar surface area (TPSA) is 41.5 Å². The Hall–Kier alpha value is -2.01. The number of carbonyl (C=O) groups is 1. The molecule has 1 aliphatic rings. The maximum atomic E-state index is 13.0. The Balaban J connectivity index is 1.66. The van der Waals surface area contributed by atoms with E-state index in [0.717, 1.165) is 41.8 Å². The maximum Gasteiger partial charge on any atom is 0.281 e. The molecule has 0 spiro atoms. The van der Waals surface area contributed by atoms with Crippen molar-refractivity contribution in [2.75, 3.05) is 0 Å². The Kier molecular flexibility index (Phi) is 5.18. The third-order valence-corrected chi connectivity index (χ3v) is 5.09. The summed E-state index contributed by atoms with van der Waals surface area (Å²) < 4.78 is 13.0. The van der Waals surface area contributed by atoms with Gasteiger partial charge in [-0.25, -0.2) is 9.82 Å². The Labute approximate surface area is 139 Å². The molecule has 1 aliphatic carbocycles. The fourth-order valence-corrected chi connectivity index (χ4v) is 3.56. The first-order valence-electron chi connectivity index (χ1n) is 7.94. The molecule has 0 atom stereocenters. The van der Waals surface area contributed by atoms with E-state index in [4.69, 9.17) is 0 Å². The number of hydrazone groups is 1. The van der Waals surface area contributed by atoms with Gasteiger partial charge in [0, 0.05) is 10.6 Å².